The minimum atomic E-state index is -0.105. The molecule has 1 aliphatic carbocycles. The molecule has 0 heterocycles. The summed E-state index contributed by atoms with van der Waals surface area (Å²) in [5, 5.41) is 5.93. The molecule has 4 heteroatoms. The smallest absolute Gasteiger partial charge is 0.251 e. The topological polar surface area (TPSA) is 58.2 Å². The van der Waals surface area contributed by atoms with Crippen molar-refractivity contribution in [3.05, 3.63) is 65.2 Å². The van der Waals surface area contributed by atoms with Crippen molar-refractivity contribution < 1.29 is 9.59 Å². The van der Waals surface area contributed by atoms with Crippen LogP contribution >= 0.6 is 0 Å². The van der Waals surface area contributed by atoms with E-state index in [0.717, 1.165) is 30.5 Å². The van der Waals surface area contributed by atoms with Crippen molar-refractivity contribution in [3.8, 4) is 0 Å². The van der Waals surface area contributed by atoms with Gasteiger partial charge >= 0.3 is 0 Å². The van der Waals surface area contributed by atoms with Crippen LogP contribution in [0.2, 0.25) is 0 Å². The number of aryl methyl sites for hydroxylation is 1. The third-order valence-electron chi connectivity index (χ3n) is 4.60. The summed E-state index contributed by atoms with van der Waals surface area (Å²) >= 11 is 0. The fourth-order valence-corrected chi connectivity index (χ4v) is 2.70. The molecule has 1 saturated carbocycles. The van der Waals surface area contributed by atoms with Gasteiger partial charge < -0.3 is 10.6 Å². The Morgan fingerprint density at radius 2 is 1.68 bits per heavy atom. The SMILES string of the molecule is CCc1ccc(C(=O)NC(C)c2ccc(NC(=O)C3CC3)cc2)cc1. The Kier molecular flexibility index (Phi) is 5.17. The molecule has 3 rings (SSSR count). The minimum absolute atomic E-state index is 0.0822. The lowest BCUT2D eigenvalue weighted by atomic mass is 10.1. The van der Waals surface area contributed by atoms with Crippen LogP contribution < -0.4 is 10.6 Å². The fourth-order valence-electron chi connectivity index (χ4n) is 2.70. The van der Waals surface area contributed by atoms with Crippen LogP contribution in [0.4, 0.5) is 5.69 Å². The van der Waals surface area contributed by atoms with Gasteiger partial charge in [0, 0.05) is 17.2 Å². The molecule has 1 fully saturated rings. The maximum atomic E-state index is 12.4. The molecule has 0 aliphatic heterocycles. The summed E-state index contributed by atoms with van der Waals surface area (Å²) in [6.45, 7) is 4.05. The molecular weight excluding hydrogens is 312 g/mol. The van der Waals surface area contributed by atoms with E-state index in [4.69, 9.17) is 0 Å². The van der Waals surface area contributed by atoms with Gasteiger partial charge in [0.15, 0.2) is 0 Å². The molecule has 0 aromatic heterocycles. The number of amides is 2. The highest BCUT2D eigenvalue weighted by molar-refractivity contribution is 5.95. The number of hydrogen-bond acceptors (Lipinski definition) is 2. The van der Waals surface area contributed by atoms with Crippen LogP contribution in [-0.2, 0) is 11.2 Å². The standard InChI is InChI=1S/C21H24N2O2/c1-3-15-4-6-17(7-5-15)20(24)22-14(2)16-10-12-19(13-11-16)23-21(25)18-8-9-18/h4-7,10-14,18H,3,8-9H2,1-2H3,(H,22,24)(H,23,25). The molecule has 2 aromatic carbocycles. The first-order chi connectivity index (χ1) is 12.1. The molecule has 130 valence electrons. The van der Waals surface area contributed by atoms with Crippen LogP contribution in [0.25, 0.3) is 0 Å². The molecule has 0 spiro atoms. The van der Waals surface area contributed by atoms with Crippen LogP contribution in [-0.4, -0.2) is 11.8 Å². The number of carbonyl (C=O) groups is 2. The van der Waals surface area contributed by atoms with Gasteiger partial charge in [-0.15, -0.1) is 0 Å². The van der Waals surface area contributed by atoms with Gasteiger partial charge in [-0.2, -0.15) is 0 Å². The van der Waals surface area contributed by atoms with E-state index in [-0.39, 0.29) is 23.8 Å². The Bertz CT molecular complexity index is 746. The molecule has 25 heavy (non-hydrogen) atoms. The molecule has 1 atom stereocenters. The highest BCUT2D eigenvalue weighted by Gasteiger charge is 2.29. The van der Waals surface area contributed by atoms with Crippen molar-refractivity contribution in [2.24, 2.45) is 5.92 Å². The highest BCUT2D eigenvalue weighted by atomic mass is 16.2. The summed E-state index contributed by atoms with van der Waals surface area (Å²) in [6.07, 6.45) is 2.94. The first kappa shape index (κ1) is 17.2. The molecule has 0 saturated heterocycles. The quantitative estimate of drug-likeness (QED) is 0.835. The van der Waals surface area contributed by atoms with E-state index >= 15 is 0 Å². The number of rotatable bonds is 6. The van der Waals surface area contributed by atoms with Gasteiger partial charge in [-0.1, -0.05) is 31.2 Å². The summed E-state index contributed by atoms with van der Waals surface area (Å²) < 4.78 is 0. The molecular formula is C21H24N2O2. The van der Waals surface area contributed by atoms with E-state index in [1.54, 1.807) is 0 Å². The normalized spacial score (nSPS) is 14.6. The van der Waals surface area contributed by atoms with Crippen molar-refractivity contribution in [2.75, 3.05) is 5.32 Å². The molecule has 1 aliphatic rings. The maximum absolute atomic E-state index is 12.4. The Morgan fingerprint density at radius 1 is 1.04 bits per heavy atom. The Morgan fingerprint density at radius 3 is 2.24 bits per heavy atom. The minimum Gasteiger partial charge on any atom is -0.346 e. The van der Waals surface area contributed by atoms with Crippen molar-refractivity contribution in [2.45, 2.75) is 39.2 Å². The lowest BCUT2D eigenvalue weighted by Crippen LogP contribution is -2.26. The monoisotopic (exact) mass is 336 g/mol. The largest absolute Gasteiger partial charge is 0.346 e. The van der Waals surface area contributed by atoms with Crippen molar-refractivity contribution in [1.29, 1.82) is 0 Å². The predicted octanol–water partition coefficient (Wildman–Crippen LogP) is 4.09. The van der Waals surface area contributed by atoms with Gasteiger partial charge in [-0.05, 0) is 61.6 Å². The molecule has 2 N–H and O–H groups in total. The van der Waals surface area contributed by atoms with Gasteiger partial charge in [0.2, 0.25) is 5.91 Å². The predicted molar refractivity (Wildman–Crippen MR) is 99.5 cm³/mol. The zero-order valence-electron chi connectivity index (χ0n) is 14.7. The summed E-state index contributed by atoms with van der Waals surface area (Å²) in [6, 6.07) is 15.2. The zero-order valence-corrected chi connectivity index (χ0v) is 14.7. The van der Waals surface area contributed by atoms with Gasteiger partial charge in [0.25, 0.3) is 5.91 Å². The Labute approximate surface area is 148 Å². The van der Waals surface area contributed by atoms with Crippen molar-refractivity contribution in [1.82, 2.24) is 5.32 Å². The highest BCUT2D eigenvalue weighted by Crippen LogP contribution is 2.30. The van der Waals surface area contributed by atoms with Crippen LogP contribution in [0.3, 0.4) is 0 Å². The third kappa shape index (κ3) is 4.47. The van der Waals surface area contributed by atoms with E-state index in [2.05, 4.69) is 17.6 Å². The van der Waals surface area contributed by atoms with E-state index in [1.165, 1.54) is 5.56 Å². The maximum Gasteiger partial charge on any atom is 0.251 e. The van der Waals surface area contributed by atoms with E-state index in [1.807, 2.05) is 55.5 Å². The fraction of sp³-hybridized carbons (Fsp3) is 0.333. The summed E-state index contributed by atoms with van der Waals surface area (Å²) in [7, 11) is 0. The van der Waals surface area contributed by atoms with Crippen LogP contribution in [0.1, 0.15) is 54.2 Å². The number of benzene rings is 2. The number of hydrogen-bond donors (Lipinski definition) is 2. The van der Waals surface area contributed by atoms with Crippen LogP contribution in [0.15, 0.2) is 48.5 Å². The Hall–Kier alpha value is -2.62. The van der Waals surface area contributed by atoms with Gasteiger partial charge in [-0.25, -0.2) is 0 Å². The molecule has 0 radical (unpaired) electrons. The van der Waals surface area contributed by atoms with Crippen molar-refractivity contribution >= 4 is 17.5 Å². The lowest BCUT2D eigenvalue weighted by Gasteiger charge is -2.15. The molecule has 0 bridgehead atoms. The summed E-state index contributed by atoms with van der Waals surface area (Å²) in [5.74, 6) is 0.211. The van der Waals surface area contributed by atoms with Gasteiger partial charge in [0.1, 0.15) is 0 Å². The first-order valence-electron chi connectivity index (χ1n) is 8.87. The first-order valence-corrected chi connectivity index (χ1v) is 8.87. The second kappa shape index (κ2) is 7.51. The van der Waals surface area contributed by atoms with E-state index < -0.39 is 0 Å². The molecule has 4 nitrogen and oxygen atoms in total. The average Bonchev–Trinajstić information content (AvgIpc) is 3.47. The van der Waals surface area contributed by atoms with Crippen molar-refractivity contribution in [3.63, 3.8) is 0 Å². The number of anilines is 1. The molecule has 2 aromatic rings. The van der Waals surface area contributed by atoms with Crippen LogP contribution in [0, 0.1) is 5.92 Å². The molecule has 1 unspecified atom stereocenters. The van der Waals surface area contributed by atoms with E-state index in [0.29, 0.717) is 5.56 Å². The van der Waals surface area contributed by atoms with Crippen LogP contribution in [0.5, 0.6) is 0 Å². The number of carbonyl (C=O) groups excluding carboxylic acids is 2. The summed E-state index contributed by atoms with van der Waals surface area (Å²) in [5.41, 5.74) is 3.68. The average molecular weight is 336 g/mol. The lowest BCUT2D eigenvalue weighted by molar-refractivity contribution is -0.117. The summed E-state index contributed by atoms with van der Waals surface area (Å²) in [4.78, 5) is 24.1. The third-order valence-corrected chi connectivity index (χ3v) is 4.60. The molecule has 2 amide bonds. The second-order valence-electron chi connectivity index (χ2n) is 6.63. The van der Waals surface area contributed by atoms with Gasteiger partial charge in [-0.3, -0.25) is 9.59 Å². The Balaban J connectivity index is 1.58. The second-order valence-corrected chi connectivity index (χ2v) is 6.63. The number of nitrogens with one attached hydrogen (secondary N) is 2. The van der Waals surface area contributed by atoms with Gasteiger partial charge in [0.05, 0.1) is 6.04 Å². The zero-order chi connectivity index (χ0) is 17.8. The van der Waals surface area contributed by atoms with E-state index in [9.17, 15) is 9.59 Å².